The van der Waals surface area contributed by atoms with E-state index in [0.717, 1.165) is 11.3 Å². The van der Waals surface area contributed by atoms with E-state index in [1.54, 1.807) is 42.3 Å². The summed E-state index contributed by atoms with van der Waals surface area (Å²) in [5, 5.41) is 20.2. The van der Waals surface area contributed by atoms with Crippen LogP contribution in [0.15, 0.2) is 70.3 Å². The summed E-state index contributed by atoms with van der Waals surface area (Å²) in [5.41, 5.74) is 8.95. The van der Waals surface area contributed by atoms with E-state index in [2.05, 4.69) is 11.1 Å². The Labute approximate surface area is 161 Å². The predicted molar refractivity (Wildman–Crippen MR) is 104 cm³/mol. The maximum absolute atomic E-state index is 11.1. The number of nitriles is 1. The summed E-state index contributed by atoms with van der Waals surface area (Å²) >= 11 is 0. The zero-order valence-corrected chi connectivity index (χ0v) is 15.1. The number of benzene rings is 2. The minimum absolute atomic E-state index is 0.315. The number of nitrogens with zero attached hydrogens (tertiary/aromatic N) is 3. The van der Waals surface area contributed by atoms with Gasteiger partial charge in [-0.15, -0.1) is 0 Å². The molecular formula is C21H18N4O3. The molecule has 2 unspecified atom stereocenters. The third-order valence-corrected chi connectivity index (χ3v) is 4.66. The quantitative estimate of drug-likeness (QED) is 0.725. The predicted octanol–water partition coefficient (Wildman–Crippen LogP) is 3.40. The van der Waals surface area contributed by atoms with Gasteiger partial charge in [0.15, 0.2) is 0 Å². The molecular weight excluding hydrogens is 356 g/mol. The number of ether oxygens (including phenoxy) is 1. The van der Waals surface area contributed by atoms with Gasteiger partial charge in [-0.3, -0.25) is 0 Å². The number of rotatable bonds is 4. The number of hydrogen-bond donors (Lipinski definition) is 2. The Hall–Kier alpha value is -3.60. The van der Waals surface area contributed by atoms with Crippen LogP contribution in [-0.4, -0.2) is 18.1 Å². The molecule has 0 saturated carbocycles. The number of hydrogen-bond acceptors (Lipinski definition) is 7. The van der Waals surface area contributed by atoms with Crippen molar-refractivity contribution in [2.24, 2.45) is 10.7 Å². The van der Waals surface area contributed by atoms with Gasteiger partial charge in [0.05, 0.1) is 30.6 Å². The number of aliphatic hydroxyl groups is 1. The van der Waals surface area contributed by atoms with Crippen molar-refractivity contribution in [2.75, 3.05) is 12.0 Å². The first-order valence-electron chi connectivity index (χ1n) is 8.65. The Morgan fingerprint density at radius 1 is 1.25 bits per heavy atom. The van der Waals surface area contributed by atoms with Crippen LogP contribution in [0.3, 0.4) is 0 Å². The van der Waals surface area contributed by atoms with Crippen LogP contribution in [0.5, 0.6) is 5.75 Å². The second-order valence-corrected chi connectivity index (χ2v) is 6.30. The first kappa shape index (κ1) is 17.8. The van der Waals surface area contributed by atoms with Gasteiger partial charge >= 0.3 is 0 Å². The molecule has 140 valence electrons. The zero-order valence-electron chi connectivity index (χ0n) is 15.1. The first-order chi connectivity index (χ1) is 13.6. The van der Waals surface area contributed by atoms with Gasteiger partial charge in [0.1, 0.15) is 23.9 Å². The van der Waals surface area contributed by atoms with Crippen molar-refractivity contribution in [1.29, 1.82) is 5.26 Å². The summed E-state index contributed by atoms with van der Waals surface area (Å²) in [4.78, 5) is 6.27. The molecule has 1 aliphatic rings. The van der Waals surface area contributed by atoms with Crippen LogP contribution in [0.2, 0.25) is 0 Å². The molecule has 7 heteroatoms. The van der Waals surface area contributed by atoms with Gasteiger partial charge in [0.25, 0.3) is 0 Å². The first-order valence-corrected chi connectivity index (χ1v) is 8.65. The lowest BCUT2D eigenvalue weighted by Crippen LogP contribution is -2.44. The molecule has 0 aliphatic carbocycles. The van der Waals surface area contributed by atoms with E-state index >= 15 is 0 Å². The molecule has 1 aromatic heterocycles. The van der Waals surface area contributed by atoms with Crippen molar-refractivity contribution < 1.29 is 14.3 Å². The fourth-order valence-electron chi connectivity index (χ4n) is 3.22. The second-order valence-electron chi connectivity index (χ2n) is 6.30. The van der Waals surface area contributed by atoms with E-state index in [9.17, 15) is 5.11 Å². The summed E-state index contributed by atoms with van der Waals surface area (Å²) in [6, 6.07) is 17.9. The molecule has 0 spiro atoms. The Morgan fingerprint density at radius 3 is 2.75 bits per heavy atom. The van der Waals surface area contributed by atoms with Crippen molar-refractivity contribution in [3.05, 3.63) is 77.6 Å². The van der Waals surface area contributed by atoms with Crippen LogP contribution in [0, 0.1) is 11.3 Å². The van der Waals surface area contributed by atoms with Gasteiger partial charge in [0, 0.05) is 5.69 Å². The molecule has 3 N–H and O–H groups in total. The largest absolute Gasteiger partial charge is 0.497 e. The molecule has 2 aromatic carbocycles. The Kier molecular flexibility index (Phi) is 4.57. The van der Waals surface area contributed by atoms with Crippen molar-refractivity contribution in [3.8, 4) is 11.8 Å². The van der Waals surface area contributed by atoms with Gasteiger partial charge in [-0.05, 0) is 48.0 Å². The lowest BCUT2D eigenvalue weighted by molar-refractivity contribution is 0.243. The fraction of sp³-hybridized carbons (Fsp3) is 0.143. The molecule has 0 radical (unpaired) electrons. The van der Waals surface area contributed by atoms with Crippen LogP contribution in [0.4, 0.5) is 11.6 Å². The maximum Gasteiger partial charge on any atom is 0.226 e. The highest BCUT2D eigenvalue weighted by molar-refractivity contribution is 6.04. The van der Waals surface area contributed by atoms with Crippen LogP contribution in [0.1, 0.15) is 29.0 Å². The average molecular weight is 374 g/mol. The Balaban J connectivity index is 1.81. The van der Waals surface area contributed by atoms with Gasteiger partial charge in [-0.1, -0.05) is 12.1 Å². The Bertz CT molecular complexity index is 1070. The van der Waals surface area contributed by atoms with Crippen molar-refractivity contribution in [1.82, 2.24) is 0 Å². The molecule has 28 heavy (non-hydrogen) atoms. The summed E-state index contributed by atoms with van der Waals surface area (Å²) in [7, 11) is 1.60. The lowest BCUT2D eigenvalue weighted by Gasteiger charge is -2.36. The molecule has 2 heterocycles. The smallest absolute Gasteiger partial charge is 0.226 e. The van der Waals surface area contributed by atoms with E-state index in [-0.39, 0.29) is 0 Å². The fourth-order valence-corrected chi connectivity index (χ4v) is 3.22. The second kappa shape index (κ2) is 7.19. The normalized spacial score (nSPS) is 16.7. The van der Waals surface area contributed by atoms with Gasteiger partial charge in [-0.2, -0.15) is 10.3 Å². The molecule has 0 bridgehead atoms. The van der Waals surface area contributed by atoms with Gasteiger partial charge < -0.3 is 24.9 Å². The molecule has 0 saturated heterocycles. The monoisotopic (exact) mass is 374 g/mol. The van der Waals surface area contributed by atoms with Crippen molar-refractivity contribution in [2.45, 2.75) is 12.3 Å². The van der Waals surface area contributed by atoms with E-state index in [0.29, 0.717) is 28.6 Å². The molecule has 1 aliphatic heterocycles. The molecule has 7 nitrogen and oxygen atoms in total. The number of methoxy groups -OCH3 is 1. The maximum atomic E-state index is 11.1. The van der Waals surface area contributed by atoms with E-state index in [1.165, 1.54) is 6.26 Å². The molecule has 3 aromatic rings. The zero-order chi connectivity index (χ0) is 19.7. The highest BCUT2D eigenvalue weighted by Gasteiger charge is 2.34. The number of amidine groups is 1. The van der Waals surface area contributed by atoms with Crippen molar-refractivity contribution in [3.63, 3.8) is 0 Å². The van der Waals surface area contributed by atoms with Crippen molar-refractivity contribution >= 4 is 17.4 Å². The highest BCUT2D eigenvalue weighted by Crippen LogP contribution is 2.39. The number of nitrogens with two attached hydrogens (primary N) is 1. The van der Waals surface area contributed by atoms with Gasteiger partial charge in [0.2, 0.25) is 5.88 Å². The van der Waals surface area contributed by atoms with Gasteiger partial charge in [-0.25, -0.2) is 0 Å². The summed E-state index contributed by atoms with van der Waals surface area (Å²) in [5.74, 6) is 1.39. The number of aliphatic hydroxyl groups excluding tert-OH is 1. The third-order valence-electron chi connectivity index (χ3n) is 4.66. The van der Waals surface area contributed by atoms with Crippen LogP contribution < -0.4 is 15.4 Å². The minimum atomic E-state index is -1.10. The van der Waals surface area contributed by atoms with E-state index < -0.39 is 12.3 Å². The van der Waals surface area contributed by atoms with Crippen LogP contribution in [-0.2, 0) is 0 Å². The minimum Gasteiger partial charge on any atom is -0.497 e. The van der Waals surface area contributed by atoms with Crippen LogP contribution in [0.25, 0.3) is 0 Å². The number of fused-ring (bicyclic) bond motifs is 1. The summed E-state index contributed by atoms with van der Waals surface area (Å²) < 4.78 is 10.7. The topological polar surface area (TPSA) is 108 Å². The highest BCUT2D eigenvalue weighted by atomic mass is 16.5. The molecule has 2 atom stereocenters. The number of anilines is 1. The molecule has 0 amide bonds. The number of aliphatic imine (C=N–C) groups is 1. The average Bonchev–Trinajstić information content (AvgIpc) is 3.22. The van der Waals surface area contributed by atoms with E-state index in [4.69, 9.17) is 20.1 Å². The summed E-state index contributed by atoms with van der Waals surface area (Å²) in [6.07, 6.45) is -0.172. The number of furan rings is 1. The molecule has 0 fully saturated rings. The standard InChI is InChI=1S/C21H18N4O3/c1-27-16-7-5-15(6-8-16)25-19(23)17-9-10-28-21(17)24-20(25)18(26)14-4-2-3-13(11-14)12-22/h2-11,18-19,26H,23H2,1H3. The Morgan fingerprint density at radius 2 is 2.04 bits per heavy atom. The SMILES string of the molecule is COc1ccc(N2C(C(O)c3cccc(C#N)c3)=Nc3occc3C2N)cc1. The third kappa shape index (κ3) is 3.01. The summed E-state index contributed by atoms with van der Waals surface area (Å²) in [6.45, 7) is 0. The lowest BCUT2D eigenvalue weighted by atomic mass is 10.0. The molecule has 4 rings (SSSR count). The van der Waals surface area contributed by atoms with E-state index in [1.807, 2.05) is 24.3 Å². The van der Waals surface area contributed by atoms with Crippen LogP contribution >= 0.6 is 0 Å².